The van der Waals surface area contributed by atoms with Gasteiger partial charge in [-0.05, 0) is 130 Å². The molecule has 0 atom stereocenters. The molecule has 0 aliphatic heterocycles. The zero-order valence-electron chi connectivity index (χ0n) is 41.7. The van der Waals surface area contributed by atoms with Crippen LogP contribution in [0.3, 0.4) is 0 Å². The van der Waals surface area contributed by atoms with Gasteiger partial charge in [-0.2, -0.15) is 0 Å². The van der Waals surface area contributed by atoms with Crippen LogP contribution >= 0.6 is 0 Å². The molecule has 0 fully saturated rings. The Morgan fingerprint density at radius 2 is 0.630 bits per heavy atom. The van der Waals surface area contributed by atoms with E-state index in [1.807, 2.05) is 0 Å². The Labute approximate surface area is 439 Å². The summed E-state index contributed by atoms with van der Waals surface area (Å²) in [6.45, 7) is 12.6. The van der Waals surface area contributed by atoms with Gasteiger partial charge >= 0.3 is 20.1 Å². The molecule has 10 heteroatoms. The minimum absolute atomic E-state index is 0. The van der Waals surface area contributed by atoms with E-state index in [9.17, 15) is 13.2 Å². The smallest absolute Gasteiger partial charge is 0.339 e. The molecule has 3 heterocycles. The van der Waals surface area contributed by atoms with Crippen molar-refractivity contribution in [3.05, 3.63) is 249 Å². The predicted octanol–water partition coefficient (Wildman–Crippen LogP) is 14.3. The predicted molar refractivity (Wildman–Crippen MR) is 280 cm³/mol. The number of imidazole rings is 3. The van der Waals surface area contributed by atoms with Crippen molar-refractivity contribution in [2.45, 2.75) is 80.1 Å². The van der Waals surface area contributed by atoms with Crippen LogP contribution in [0, 0.1) is 77.2 Å². The summed E-state index contributed by atoms with van der Waals surface area (Å²) in [5.41, 5.74) is 18.3. The second-order valence-electron chi connectivity index (χ2n) is 18.9. The molecule has 0 unspecified atom stereocenters. The first kappa shape index (κ1) is 50.5. The number of para-hydroxylation sites is 3. The number of hydrogen-bond acceptors (Lipinski definition) is 3. The number of aryl methyl sites for hydroxylation is 12. The third-order valence-corrected chi connectivity index (χ3v) is 13.5. The van der Waals surface area contributed by atoms with Gasteiger partial charge in [0, 0.05) is 70.2 Å². The standard InChI is InChI=1S/C63H54F3N6.Ir/c1-40-10-7-11-41(2)58(40)70-37-55(67-61(70)49-19-25-52(64)26-20-49)31-16-46-34-47(17-32-56-38-71(59-42(3)12-8-13-43(59)4)62(68-56)50-21-27-53(65)28-22-50)36-48(35-46)18-33-57-39-72(60-44(5)14-9-15-45(60)6)63(69-57)51-23-29-54(66)30-24-51;/h7-15,19,21,23,25-30,34-39H,16-18,31-33H2,1-6H3;/q-3;+3. The third-order valence-electron chi connectivity index (χ3n) is 13.5. The topological polar surface area (TPSA) is 53.5 Å². The van der Waals surface area contributed by atoms with Gasteiger partial charge in [0.05, 0.1) is 17.5 Å². The number of rotatable bonds is 15. The normalized spacial score (nSPS) is 11.3. The van der Waals surface area contributed by atoms with E-state index in [4.69, 9.17) is 15.0 Å². The quantitative estimate of drug-likeness (QED) is 0.0961. The molecule has 0 bridgehead atoms. The summed E-state index contributed by atoms with van der Waals surface area (Å²) < 4.78 is 48.8. The van der Waals surface area contributed by atoms with E-state index in [-0.39, 0.29) is 37.6 Å². The minimum Gasteiger partial charge on any atom is -0.339 e. The first-order valence-electron chi connectivity index (χ1n) is 24.4. The van der Waals surface area contributed by atoms with Crippen LogP contribution in [0.5, 0.6) is 0 Å². The number of nitrogens with zero attached hydrogens (tertiary/aromatic N) is 6. The van der Waals surface area contributed by atoms with Crippen LogP contribution in [0.2, 0.25) is 0 Å². The average Bonchev–Trinajstić information content (AvgIpc) is 4.10. The second-order valence-corrected chi connectivity index (χ2v) is 18.9. The first-order valence-corrected chi connectivity index (χ1v) is 24.4. The molecule has 10 aromatic rings. The van der Waals surface area contributed by atoms with E-state index in [0.29, 0.717) is 36.7 Å². The molecular formula is C63H54F3IrN6. The van der Waals surface area contributed by atoms with Crippen molar-refractivity contribution in [3.63, 3.8) is 0 Å². The van der Waals surface area contributed by atoms with Crippen molar-refractivity contribution >= 4 is 0 Å². The van der Waals surface area contributed by atoms with Crippen LogP contribution < -0.4 is 0 Å². The molecule has 7 aromatic carbocycles. The second kappa shape index (κ2) is 21.8. The molecule has 0 spiro atoms. The molecule has 0 radical (unpaired) electrons. The van der Waals surface area contributed by atoms with Gasteiger partial charge in [0.1, 0.15) is 0 Å². The van der Waals surface area contributed by atoms with Crippen molar-refractivity contribution in [1.29, 1.82) is 0 Å². The Morgan fingerprint density at radius 3 is 0.863 bits per heavy atom. The molecule has 0 N–H and O–H groups in total. The van der Waals surface area contributed by atoms with Crippen LogP contribution in [0.4, 0.5) is 13.2 Å². The van der Waals surface area contributed by atoms with E-state index in [1.165, 1.54) is 53.1 Å². The van der Waals surface area contributed by atoms with Crippen molar-refractivity contribution < 1.29 is 33.3 Å². The minimum atomic E-state index is -0.344. The summed E-state index contributed by atoms with van der Waals surface area (Å²) >= 11 is 0. The molecule has 3 aromatic heterocycles. The molecule has 6 nitrogen and oxygen atoms in total. The molecule has 0 saturated carbocycles. The summed E-state index contributed by atoms with van der Waals surface area (Å²) in [7, 11) is 0. The molecule has 73 heavy (non-hydrogen) atoms. The molecule has 0 amide bonds. The zero-order valence-corrected chi connectivity index (χ0v) is 44.1. The SMILES string of the molecule is Cc1cccc(C)c1-n1cc(CCc2cc(CCc3cn(-c4c(C)cccc4C)c(-c4[c-]cc(F)cc4)n3)cc(CCc3cn(-c4c(C)cccc4C)c(-c4[c-]cc(F)cc4)n3)c2)nc1-c1[c-]cc(F)cc1.[Ir+3]. The van der Waals surface area contributed by atoms with Crippen LogP contribution in [0.25, 0.3) is 51.2 Å². The van der Waals surface area contributed by atoms with Gasteiger partial charge in [0.2, 0.25) is 0 Å². The maximum atomic E-state index is 14.1. The Hall–Kier alpha value is -7.39. The number of hydrogen-bond donors (Lipinski definition) is 0. The first-order chi connectivity index (χ1) is 34.8. The summed E-state index contributed by atoms with van der Waals surface area (Å²) in [6, 6.07) is 48.6. The zero-order chi connectivity index (χ0) is 50.0. The fourth-order valence-corrected chi connectivity index (χ4v) is 10.0. The summed E-state index contributed by atoms with van der Waals surface area (Å²) in [5.74, 6) is 1.11. The van der Waals surface area contributed by atoms with Gasteiger partial charge in [0.25, 0.3) is 0 Å². The van der Waals surface area contributed by atoms with Crippen molar-refractivity contribution in [1.82, 2.24) is 28.7 Å². The van der Waals surface area contributed by atoms with Crippen molar-refractivity contribution in [3.8, 4) is 51.2 Å². The average molecular weight is 1140 g/mol. The van der Waals surface area contributed by atoms with Crippen LogP contribution in [0.15, 0.2) is 146 Å². The van der Waals surface area contributed by atoms with Crippen LogP contribution in [-0.4, -0.2) is 28.7 Å². The molecule has 10 rings (SSSR count). The summed E-state index contributed by atoms with van der Waals surface area (Å²) in [5, 5.41) is 0. The molecule has 366 valence electrons. The number of halogens is 3. The maximum absolute atomic E-state index is 14.1. The van der Waals surface area contributed by atoms with E-state index in [0.717, 1.165) is 103 Å². The third kappa shape index (κ3) is 11.0. The van der Waals surface area contributed by atoms with Crippen LogP contribution in [-0.2, 0) is 58.6 Å². The molecule has 0 saturated heterocycles. The monoisotopic (exact) mass is 1140 g/mol. The van der Waals surface area contributed by atoms with E-state index in [2.05, 4.69) is 165 Å². The Kier molecular flexibility index (Phi) is 15.1. The van der Waals surface area contributed by atoms with Gasteiger partial charge in [-0.25, -0.2) is 0 Å². The fourth-order valence-electron chi connectivity index (χ4n) is 10.0. The van der Waals surface area contributed by atoms with E-state index >= 15 is 0 Å². The molecular weight excluding hydrogens is 1090 g/mol. The summed E-state index contributed by atoms with van der Waals surface area (Å²) in [4.78, 5) is 15.5. The molecule has 0 aliphatic carbocycles. The fraction of sp³-hybridized carbons (Fsp3) is 0.190. The Bertz CT molecular complexity index is 3120. The number of aromatic nitrogens is 6. The van der Waals surface area contributed by atoms with Gasteiger partial charge < -0.3 is 13.7 Å². The van der Waals surface area contributed by atoms with Gasteiger partial charge in [-0.3, -0.25) is 28.1 Å². The van der Waals surface area contributed by atoms with Crippen molar-refractivity contribution in [2.75, 3.05) is 0 Å². The summed E-state index contributed by atoms with van der Waals surface area (Å²) in [6.07, 6.45) is 10.5. The molecule has 0 aliphatic rings. The van der Waals surface area contributed by atoms with Gasteiger partial charge in [-0.1, -0.05) is 72.8 Å². The Balaban J connectivity index is 0.00000656. The largest absolute Gasteiger partial charge is 3.00 e. The Morgan fingerprint density at radius 1 is 0.370 bits per heavy atom. The number of benzene rings is 7. The maximum Gasteiger partial charge on any atom is 3.00 e. The van der Waals surface area contributed by atoms with E-state index in [1.54, 1.807) is 18.2 Å². The van der Waals surface area contributed by atoms with Gasteiger partial charge in [0.15, 0.2) is 0 Å². The van der Waals surface area contributed by atoms with Crippen LogP contribution in [0.1, 0.15) is 67.2 Å². The van der Waals surface area contributed by atoms with Crippen molar-refractivity contribution in [2.24, 2.45) is 0 Å². The van der Waals surface area contributed by atoms with E-state index < -0.39 is 0 Å². The van der Waals surface area contributed by atoms with Gasteiger partial charge in [-0.15, -0.1) is 89.5 Å².